The topological polar surface area (TPSA) is 59.4 Å². The normalized spacial score (nSPS) is 14.8. The van der Waals surface area contributed by atoms with Crippen molar-refractivity contribution in [1.82, 2.24) is 9.78 Å². The van der Waals surface area contributed by atoms with Crippen molar-refractivity contribution < 1.29 is 9.53 Å². The van der Waals surface area contributed by atoms with Crippen LogP contribution in [0.2, 0.25) is 0 Å². The number of ether oxygens (including phenoxy) is 1. The van der Waals surface area contributed by atoms with Gasteiger partial charge in [0.2, 0.25) is 0 Å². The zero-order chi connectivity index (χ0) is 16.4. The summed E-state index contributed by atoms with van der Waals surface area (Å²) >= 11 is 0. The first kappa shape index (κ1) is 15.6. The molecule has 1 fully saturated rings. The molecule has 23 heavy (non-hydrogen) atoms. The molecule has 0 atom stereocenters. The highest BCUT2D eigenvalue weighted by atomic mass is 16.5. The summed E-state index contributed by atoms with van der Waals surface area (Å²) in [7, 11) is 1.84. The van der Waals surface area contributed by atoms with Crippen LogP contribution >= 0.6 is 0 Å². The van der Waals surface area contributed by atoms with Gasteiger partial charge in [-0.1, -0.05) is 0 Å². The van der Waals surface area contributed by atoms with E-state index in [1.807, 2.05) is 45.2 Å². The zero-order valence-electron chi connectivity index (χ0n) is 13.8. The van der Waals surface area contributed by atoms with Crippen LogP contribution in [0.4, 0.5) is 11.4 Å². The maximum atomic E-state index is 12.5. The van der Waals surface area contributed by atoms with E-state index in [4.69, 9.17) is 4.74 Å². The monoisotopic (exact) mass is 314 g/mol. The van der Waals surface area contributed by atoms with Crippen molar-refractivity contribution in [2.45, 2.75) is 13.8 Å². The summed E-state index contributed by atoms with van der Waals surface area (Å²) in [6, 6.07) is 7.93. The van der Waals surface area contributed by atoms with Crippen LogP contribution in [0, 0.1) is 13.8 Å². The smallest absolute Gasteiger partial charge is 0.259 e. The number of morpholine rings is 1. The van der Waals surface area contributed by atoms with Crippen molar-refractivity contribution in [3.05, 3.63) is 41.2 Å². The molecule has 1 aliphatic heterocycles. The number of carbonyl (C=O) groups is 1. The van der Waals surface area contributed by atoms with Crippen LogP contribution in [0.25, 0.3) is 0 Å². The molecule has 0 radical (unpaired) electrons. The first-order chi connectivity index (χ1) is 11.1. The molecule has 0 aliphatic carbocycles. The summed E-state index contributed by atoms with van der Waals surface area (Å²) < 4.78 is 7.09. The lowest BCUT2D eigenvalue weighted by Gasteiger charge is -2.28. The minimum atomic E-state index is -0.118. The highest BCUT2D eigenvalue weighted by Gasteiger charge is 2.17. The molecule has 0 saturated carbocycles. The Kier molecular flexibility index (Phi) is 4.34. The number of rotatable bonds is 3. The second-order valence-corrected chi connectivity index (χ2v) is 5.77. The summed E-state index contributed by atoms with van der Waals surface area (Å²) in [5, 5.41) is 7.23. The van der Waals surface area contributed by atoms with Crippen LogP contribution in [0.15, 0.2) is 24.3 Å². The molecule has 122 valence electrons. The molecule has 1 amide bonds. The Hall–Kier alpha value is -2.34. The van der Waals surface area contributed by atoms with Crippen molar-refractivity contribution in [3.63, 3.8) is 0 Å². The van der Waals surface area contributed by atoms with Gasteiger partial charge >= 0.3 is 0 Å². The molecule has 0 spiro atoms. The molecule has 1 aliphatic rings. The number of anilines is 2. The number of aromatic nitrogens is 2. The number of benzene rings is 1. The molecule has 1 N–H and O–H groups in total. The van der Waals surface area contributed by atoms with E-state index in [0.717, 1.165) is 49.1 Å². The van der Waals surface area contributed by atoms with Gasteiger partial charge in [0.1, 0.15) is 0 Å². The highest BCUT2D eigenvalue weighted by Crippen LogP contribution is 2.20. The van der Waals surface area contributed by atoms with Gasteiger partial charge in [-0.05, 0) is 38.1 Å². The Morgan fingerprint density at radius 1 is 1.17 bits per heavy atom. The Balaban J connectivity index is 1.71. The zero-order valence-corrected chi connectivity index (χ0v) is 13.8. The average molecular weight is 314 g/mol. The van der Waals surface area contributed by atoms with E-state index < -0.39 is 0 Å². The third-order valence-electron chi connectivity index (χ3n) is 4.24. The molecular formula is C17H22N4O2. The van der Waals surface area contributed by atoms with Gasteiger partial charge in [0.25, 0.3) is 5.91 Å². The summed E-state index contributed by atoms with van der Waals surface area (Å²) in [6.45, 7) is 7.08. The van der Waals surface area contributed by atoms with Gasteiger partial charge in [-0.15, -0.1) is 0 Å². The fourth-order valence-electron chi connectivity index (χ4n) is 2.87. The van der Waals surface area contributed by atoms with Crippen LogP contribution in [0.5, 0.6) is 0 Å². The molecule has 0 unspecified atom stereocenters. The van der Waals surface area contributed by atoms with E-state index in [1.54, 1.807) is 4.68 Å². The third-order valence-corrected chi connectivity index (χ3v) is 4.24. The van der Waals surface area contributed by atoms with Crippen LogP contribution in [0.1, 0.15) is 21.7 Å². The number of nitrogens with zero attached hydrogens (tertiary/aromatic N) is 3. The maximum Gasteiger partial charge on any atom is 0.259 e. The molecule has 1 saturated heterocycles. The predicted octanol–water partition coefficient (Wildman–Crippen LogP) is 2.13. The van der Waals surface area contributed by atoms with Gasteiger partial charge < -0.3 is 15.0 Å². The Morgan fingerprint density at radius 2 is 1.83 bits per heavy atom. The van der Waals surface area contributed by atoms with Crippen molar-refractivity contribution >= 4 is 17.3 Å². The third kappa shape index (κ3) is 3.22. The Labute approximate surface area is 136 Å². The van der Waals surface area contributed by atoms with Crippen molar-refractivity contribution in [1.29, 1.82) is 0 Å². The predicted molar refractivity (Wildman–Crippen MR) is 90.1 cm³/mol. The molecular weight excluding hydrogens is 292 g/mol. The maximum absolute atomic E-state index is 12.5. The number of hydrogen-bond acceptors (Lipinski definition) is 4. The lowest BCUT2D eigenvalue weighted by atomic mass is 10.1. The summed E-state index contributed by atoms with van der Waals surface area (Å²) in [4.78, 5) is 14.7. The highest BCUT2D eigenvalue weighted by molar-refractivity contribution is 6.05. The van der Waals surface area contributed by atoms with Crippen molar-refractivity contribution in [2.75, 3.05) is 36.5 Å². The van der Waals surface area contributed by atoms with Crippen molar-refractivity contribution in [3.8, 4) is 0 Å². The SMILES string of the molecule is Cc1nn(C)c(C)c1C(=O)Nc1ccc(N2CCOCC2)cc1. The minimum absolute atomic E-state index is 0.118. The second-order valence-electron chi connectivity index (χ2n) is 5.77. The standard InChI is InChI=1S/C17H22N4O2/c1-12-16(13(2)20(3)19-12)17(22)18-14-4-6-15(7-5-14)21-8-10-23-11-9-21/h4-7H,8-11H2,1-3H3,(H,18,22). The minimum Gasteiger partial charge on any atom is -0.378 e. The summed E-state index contributed by atoms with van der Waals surface area (Å²) in [5.74, 6) is -0.118. The number of nitrogens with one attached hydrogen (secondary N) is 1. The van der Waals surface area contributed by atoms with Gasteiger partial charge in [0, 0.05) is 37.2 Å². The summed E-state index contributed by atoms with van der Waals surface area (Å²) in [5.41, 5.74) is 4.19. The van der Waals surface area contributed by atoms with Gasteiger partial charge in [-0.3, -0.25) is 9.48 Å². The largest absolute Gasteiger partial charge is 0.378 e. The second kappa shape index (κ2) is 6.42. The lowest BCUT2D eigenvalue weighted by molar-refractivity contribution is 0.102. The van der Waals surface area contributed by atoms with E-state index >= 15 is 0 Å². The number of hydrogen-bond donors (Lipinski definition) is 1. The quantitative estimate of drug-likeness (QED) is 0.943. The molecule has 2 heterocycles. The molecule has 6 nitrogen and oxygen atoms in total. The average Bonchev–Trinajstić information content (AvgIpc) is 2.81. The first-order valence-corrected chi connectivity index (χ1v) is 7.80. The first-order valence-electron chi connectivity index (χ1n) is 7.80. The molecule has 1 aromatic carbocycles. The van der Waals surface area contributed by atoms with Gasteiger partial charge in [-0.2, -0.15) is 5.10 Å². The molecule has 1 aromatic heterocycles. The Morgan fingerprint density at radius 3 is 2.39 bits per heavy atom. The van der Waals surface area contributed by atoms with Crippen LogP contribution < -0.4 is 10.2 Å². The molecule has 2 aromatic rings. The lowest BCUT2D eigenvalue weighted by Crippen LogP contribution is -2.36. The fourth-order valence-corrected chi connectivity index (χ4v) is 2.87. The molecule has 6 heteroatoms. The van der Waals surface area contributed by atoms with Crippen LogP contribution in [0.3, 0.4) is 0 Å². The fraction of sp³-hybridized carbons (Fsp3) is 0.412. The molecule has 0 bridgehead atoms. The number of carbonyl (C=O) groups excluding carboxylic acids is 1. The van der Waals surface area contributed by atoms with E-state index in [1.165, 1.54) is 0 Å². The van der Waals surface area contributed by atoms with Gasteiger partial charge in [0.15, 0.2) is 0 Å². The van der Waals surface area contributed by atoms with E-state index in [9.17, 15) is 4.79 Å². The van der Waals surface area contributed by atoms with E-state index in [0.29, 0.717) is 5.56 Å². The van der Waals surface area contributed by atoms with E-state index in [2.05, 4.69) is 15.3 Å². The van der Waals surface area contributed by atoms with E-state index in [-0.39, 0.29) is 5.91 Å². The van der Waals surface area contributed by atoms with Crippen molar-refractivity contribution in [2.24, 2.45) is 7.05 Å². The molecule has 3 rings (SSSR count). The number of amides is 1. The van der Waals surface area contributed by atoms with Gasteiger partial charge in [-0.25, -0.2) is 0 Å². The van der Waals surface area contributed by atoms with Gasteiger partial charge in [0.05, 0.1) is 24.5 Å². The van der Waals surface area contributed by atoms with Crippen LogP contribution in [-0.4, -0.2) is 42.0 Å². The summed E-state index contributed by atoms with van der Waals surface area (Å²) in [6.07, 6.45) is 0. The number of aryl methyl sites for hydroxylation is 2. The Bertz CT molecular complexity index is 700. The van der Waals surface area contributed by atoms with Crippen LogP contribution in [-0.2, 0) is 11.8 Å².